The summed E-state index contributed by atoms with van der Waals surface area (Å²) in [5, 5.41) is 4.13. The second-order valence-corrected chi connectivity index (χ2v) is 9.29. The van der Waals surface area contributed by atoms with Crippen LogP contribution in [0.1, 0.15) is 5.56 Å². The number of carbonyl (C=O) groups is 1. The summed E-state index contributed by atoms with van der Waals surface area (Å²) in [6.07, 6.45) is 2.49. The molecular formula is C18H20BrClN4O3S. The Morgan fingerprint density at radius 2 is 1.89 bits per heavy atom. The van der Waals surface area contributed by atoms with E-state index in [9.17, 15) is 13.2 Å². The Hall–Kier alpha value is -2.10. The molecule has 0 saturated heterocycles. The fraction of sp³-hybridized carbons (Fsp3) is 0.222. The van der Waals surface area contributed by atoms with E-state index in [1.165, 1.54) is 12.3 Å². The predicted octanol–water partition coefficient (Wildman–Crippen LogP) is 3.08. The molecule has 0 aliphatic rings. The van der Waals surface area contributed by atoms with Crippen LogP contribution in [0.25, 0.3) is 0 Å². The van der Waals surface area contributed by atoms with E-state index >= 15 is 0 Å². The van der Waals surface area contributed by atoms with Gasteiger partial charge in [-0.3, -0.25) is 9.10 Å². The first-order chi connectivity index (χ1) is 13.1. The van der Waals surface area contributed by atoms with Crippen LogP contribution in [0, 0.1) is 0 Å². The van der Waals surface area contributed by atoms with Crippen LogP contribution in [0.5, 0.6) is 0 Å². The Labute approximate surface area is 178 Å². The van der Waals surface area contributed by atoms with Crippen molar-refractivity contribution in [2.45, 2.75) is 0 Å². The molecule has 0 aromatic heterocycles. The van der Waals surface area contributed by atoms with E-state index in [2.05, 4.69) is 26.5 Å². The summed E-state index contributed by atoms with van der Waals surface area (Å²) in [4.78, 5) is 14.2. The van der Waals surface area contributed by atoms with Gasteiger partial charge in [0.1, 0.15) is 6.54 Å². The monoisotopic (exact) mass is 486 g/mol. The van der Waals surface area contributed by atoms with Gasteiger partial charge in [-0.15, -0.1) is 0 Å². The standard InChI is InChI=1S/C18H20BrClN4O3S/c1-23(2)16-9-8-13(10-14(16)19)11-21-22-18(25)12-24(28(3,26)27)17-7-5-4-6-15(17)20/h4-11H,12H2,1-3H3,(H,22,25). The van der Waals surface area contributed by atoms with Crippen LogP contribution in [0.3, 0.4) is 0 Å². The molecule has 0 unspecified atom stereocenters. The molecule has 0 heterocycles. The van der Waals surface area contributed by atoms with Crippen molar-refractivity contribution in [1.29, 1.82) is 0 Å². The Bertz CT molecular complexity index is 996. The molecule has 7 nitrogen and oxygen atoms in total. The van der Waals surface area contributed by atoms with E-state index < -0.39 is 22.5 Å². The van der Waals surface area contributed by atoms with E-state index in [0.29, 0.717) is 0 Å². The molecule has 0 bridgehead atoms. The van der Waals surface area contributed by atoms with Crippen LogP contribution in [0.4, 0.5) is 11.4 Å². The number of rotatable bonds is 7. The lowest BCUT2D eigenvalue weighted by atomic mass is 10.2. The van der Waals surface area contributed by atoms with E-state index in [-0.39, 0.29) is 10.7 Å². The lowest BCUT2D eigenvalue weighted by Gasteiger charge is -2.22. The normalized spacial score (nSPS) is 11.5. The van der Waals surface area contributed by atoms with Crippen molar-refractivity contribution in [1.82, 2.24) is 5.43 Å². The van der Waals surface area contributed by atoms with Gasteiger partial charge in [0.05, 0.1) is 28.9 Å². The van der Waals surface area contributed by atoms with Gasteiger partial charge in [0, 0.05) is 18.6 Å². The number of hydrogen-bond donors (Lipinski definition) is 1. The summed E-state index contributed by atoms with van der Waals surface area (Å²) in [5.41, 5.74) is 4.34. The van der Waals surface area contributed by atoms with Crippen LogP contribution in [-0.4, -0.2) is 47.4 Å². The molecule has 0 radical (unpaired) electrons. The minimum atomic E-state index is -3.71. The van der Waals surface area contributed by atoms with E-state index in [4.69, 9.17) is 11.6 Å². The number of carbonyl (C=O) groups excluding carboxylic acids is 1. The molecule has 1 amide bonds. The number of sulfonamides is 1. The van der Waals surface area contributed by atoms with Crippen molar-refractivity contribution in [3.05, 3.63) is 57.5 Å². The Kier molecular flexibility index (Phi) is 7.45. The molecule has 2 aromatic rings. The highest BCUT2D eigenvalue weighted by atomic mass is 79.9. The zero-order valence-electron chi connectivity index (χ0n) is 15.6. The fourth-order valence-corrected chi connectivity index (χ4v) is 4.25. The molecule has 2 aromatic carbocycles. The third-order valence-electron chi connectivity index (χ3n) is 3.67. The summed E-state index contributed by atoms with van der Waals surface area (Å²) < 4.78 is 26.0. The largest absolute Gasteiger partial charge is 0.377 e. The summed E-state index contributed by atoms with van der Waals surface area (Å²) >= 11 is 9.55. The zero-order valence-corrected chi connectivity index (χ0v) is 18.7. The van der Waals surface area contributed by atoms with Crippen molar-refractivity contribution >= 4 is 61.1 Å². The first-order valence-electron chi connectivity index (χ1n) is 8.10. The van der Waals surface area contributed by atoms with Crippen LogP contribution < -0.4 is 14.6 Å². The van der Waals surface area contributed by atoms with Crippen molar-refractivity contribution in [3.63, 3.8) is 0 Å². The molecule has 0 fully saturated rings. The molecule has 28 heavy (non-hydrogen) atoms. The molecule has 0 saturated carbocycles. The number of halogens is 2. The van der Waals surface area contributed by atoms with E-state index in [1.807, 2.05) is 37.2 Å². The van der Waals surface area contributed by atoms with Crippen molar-refractivity contribution in [2.24, 2.45) is 5.10 Å². The number of nitrogens with zero attached hydrogens (tertiary/aromatic N) is 3. The quantitative estimate of drug-likeness (QED) is 0.481. The third-order valence-corrected chi connectivity index (χ3v) is 5.75. The summed E-state index contributed by atoms with van der Waals surface area (Å²) in [5.74, 6) is -0.592. The second kappa shape index (κ2) is 9.40. The molecule has 0 aliphatic heterocycles. The highest BCUT2D eigenvalue weighted by Crippen LogP contribution is 2.27. The van der Waals surface area contributed by atoms with Gasteiger partial charge in [0.25, 0.3) is 5.91 Å². The molecule has 0 aliphatic carbocycles. The first kappa shape index (κ1) is 22.2. The number of hydrazone groups is 1. The van der Waals surface area contributed by atoms with Gasteiger partial charge < -0.3 is 4.90 Å². The van der Waals surface area contributed by atoms with Gasteiger partial charge in [-0.1, -0.05) is 29.8 Å². The fourth-order valence-electron chi connectivity index (χ4n) is 2.35. The number of benzene rings is 2. The molecule has 1 N–H and O–H groups in total. The number of anilines is 2. The smallest absolute Gasteiger partial charge is 0.260 e. The second-order valence-electron chi connectivity index (χ2n) is 6.12. The van der Waals surface area contributed by atoms with Crippen molar-refractivity contribution in [3.8, 4) is 0 Å². The lowest BCUT2D eigenvalue weighted by Crippen LogP contribution is -2.39. The molecule has 0 atom stereocenters. The Balaban J connectivity index is 2.09. The van der Waals surface area contributed by atoms with Gasteiger partial charge >= 0.3 is 0 Å². The number of nitrogens with one attached hydrogen (secondary N) is 1. The topological polar surface area (TPSA) is 82.1 Å². The van der Waals surface area contributed by atoms with Gasteiger partial charge in [-0.25, -0.2) is 13.8 Å². The lowest BCUT2D eigenvalue weighted by molar-refractivity contribution is -0.119. The third kappa shape index (κ3) is 5.95. The van der Waals surface area contributed by atoms with Crippen LogP contribution in [-0.2, 0) is 14.8 Å². The predicted molar refractivity (Wildman–Crippen MR) is 118 cm³/mol. The number of amides is 1. The van der Waals surface area contributed by atoms with Crippen LogP contribution in [0.2, 0.25) is 5.02 Å². The SMILES string of the molecule is CN(C)c1ccc(C=NNC(=O)CN(c2ccccc2Cl)S(C)(=O)=O)cc1Br. The van der Waals surface area contributed by atoms with Crippen molar-refractivity contribution < 1.29 is 13.2 Å². The minimum absolute atomic E-state index is 0.231. The first-order valence-corrected chi connectivity index (χ1v) is 11.1. The molecule has 0 spiro atoms. The van der Waals surface area contributed by atoms with E-state index in [0.717, 1.165) is 26.3 Å². The Morgan fingerprint density at radius 1 is 1.21 bits per heavy atom. The maximum atomic E-state index is 12.2. The molecule has 10 heteroatoms. The van der Waals surface area contributed by atoms with E-state index in [1.54, 1.807) is 18.2 Å². The Morgan fingerprint density at radius 3 is 2.46 bits per heavy atom. The maximum Gasteiger partial charge on any atom is 0.260 e. The highest BCUT2D eigenvalue weighted by molar-refractivity contribution is 9.10. The minimum Gasteiger partial charge on any atom is -0.377 e. The summed E-state index contributed by atoms with van der Waals surface area (Å²) in [7, 11) is 0.156. The maximum absolute atomic E-state index is 12.2. The average Bonchev–Trinajstić information content (AvgIpc) is 2.59. The van der Waals surface area contributed by atoms with Gasteiger partial charge in [-0.05, 0) is 45.8 Å². The highest BCUT2D eigenvalue weighted by Gasteiger charge is 2.22. The molecule has 150 valence electrons. The van der Waals surface area contributed by atoms with Crippen molar-refractivity contribution in [2.75, 3.05) is 36.1 Å². The molecule has 2 rings (SSSR count). The van der Waals surface area contributed by atoms with Gasteiger partial charge in [0.15, 0.2) is 0 Å². The van der Waals surface area contributed by atoms with Gasteiger partial charge in [0.2, 0.25) is 10.0 Å². The van der Waals surface area contributed by atoms with Crippen LogP contribution in [0.15, 0.2) is 52.0 Å². The zero-order chi connectivity index (χ0) is 20.9. The number of para-hydroxylation sites is 1. The van der Waals surface area contributed by atoms with Gasteiger partial charge in [-0.2, -0.15) is 5.10 Å². The average molecular weight is 488 g/mol. The summed E-state index contributed by atoms with van der Waals surface area (Å²) in [6, 6.07) is 12.0. The van der Waals surface area contributed by atoms with Crippen LogP contribution >= 0.6 is 27.5 Å². The number of hydrogen-bond acceptors (Lipinski definition) is 5. The molecular weight excluding hydrogens is 468 g/mol. The summed E-state index contributed by atoms with van der Waals surface area (Å²) in [6.45, 7) is -0.441.